The number of rotatable bonds is 7. The van der Waals surface area contributed by atoms with Crippen molar-refractivity contribution in [3.8, 4) is 11.5 Å². The second-order valence-corrected chi connectivity index (χ2v) is 6.69. The van der Waals surface area contributed by atoms with Gasteiger partial charge >= 0.3 is 0 Å². The number of phenolic OH excluding ortho intramolecular Hbond substituents is 1. The minimum Gasteiger partial charge on any atom is -0.508 e. The first kappa shape index (κ1) is 22.9. The van der Waals surface area contributed by atoms with Gasteiger partial charge in [0.1, 0.15) is 11.5 Å². The number of aryl methyl sites for hydroxylation is 1. The van der Waals surface area contributed by atoms with Gasteiger partial charge in [-0.25, -0.2) is 0 Å². The van der Waals surface area contributed by atoms with Crippen molar-refractivity contribution in [2.45, 2.75) is 19.8 Å². The van der Waals surface area contributed by atoms with Crippen molar-refractivity contribution in [3.05, 3.63) is 59.3 Å². The third-order valence-corrected chi connectivity index (χ3v) is 4.90. The quantitative estimate of drug-likeness (QED) is 0.223. The molecule has 0 amide bonds. The van der Waals surface area contributed by atoms with Gasteiger partial charge in [0.25, 0.3) is 0 Å². The largest absolute Gasteiger partial charge is 0.508 e. The molecule has 0 saturated carbocycles. The number of hydrogen-bond acceptors (Lipinski definition) is 3. The number of methoxy groups -OCH3 is 1. The summed E-state index contributed by atoms with van der Waals surface area (Å²) in [5.41, 5.74) is 4.60. The topological polar surface area (TPSA) is 81.7 Å². The first-order valence-corrected chi connectivity index (χ1v) is 9.49. The van der Waals surface area contributed by atoms with Crippen LogP contribution < -0.4 is 15.4 Å². The average molecular weight is 508 g/mol. The third kappa shape index (κ3) is 5.79. The molecule has 0 atom stereocenters. The number of aromatic hydroxyl groups is 1. The van der Waals surface area contributed by atoms with Crippen molar-refractivity contribution >= 4 is 40.8 Å². The number of nitrogens with zero attached hydrogens (tertiary/aromatic N) is 1. The summed E-state index contributed by atoms with van der Waals surface area (Å²) in [5, 5.41) is 18.0. The Kier molecular flexibility index (Phi) is 8.63. The van der Waals surface area contributed by atoms with Crippen LogP contribution in [0, 0.1) is 6.92 Å². The molecule has 0 saturated heterocycles. The number of para-hydroxylation sites is 1. The number of guanidine groups is 1. The number of aliphatic imine (C=N–C) groups is 1. The van der Waals surface area contributed by atoms with E-state index >= 15 is 0 Å². The molecule has 3 rings (SSSR count). The molecule has 0 aliphatic rings. The highest BCUT2D eigenvalue weighted by Crippen LogP contribution is 2.23. The molecule has 156 valence electrons. The SMILES string of the molecule is CN=C(NCCc1ccc(OC)cc1O)NCCc1c(C)[nH]c2ccccc12.I. The summed E-state index contributed by atoms with van der Waals surface area (Å²) in [6, 6.07) is 13.7. The Balaban J connectivity index is 0.00000300. The maximum absolute atomic E-state index is 10.0. The van der Waals surface area contributed by atoms with Crippen LogP contribution in [0.2, 0.25) is 0 Å². The second-order valence-electron chi connectivity index (χ2n) is 6.69. The number of nitrogens with one attached hydrogen (secondary N) is 3. The van der Waals surface area contributed by atoms with Gasteiger partial charge in [-0.05, 0) is 43.0 Å². The molecule has 1 heterocycles. The smallest absolute Gasteiger partial charge is 0.190 e. The van der Waals surface area contributed by atoms with Crippen LogP contribution in [0.15, 0.2) is 47.5 Å². The number of H-pyrrole nitrogens is 1. The van der Waals surface area contributed by atoms with Crippen LogP contribution in [0.4, 0.5) is 0 Å². The van der Waals surface area contributed by atoms with Crippen LogP contribution in [-0.2, 0) is 12.8 Å². The van der Waals surface area contributed by atoms with Gasteiger partial charge in [0.2, 0.25) is 0 Å². The lowest BCUT2D eigenvalue weighted by Gasteiger charge is -2.13. The van der Waals surface area contributed by atoms with Gasteiger partial charge in [0.05, 0.1) is 7.11 Å². The molecule has 1 aromatic heterocycles. The second kappa shape index (κ2) is 10.9. The number of benzene rings is 2. The molecular formula is C22H29IN4O2. The predicted molar refractivity (Wildman–Crippen MR) is 130 cm³/mol. The summed E-state index contributed by atoms with van der Waals surface area (Å²) < 4.78 is 5.11. The van der Waals surface area contributed by atoms with Crippen LogP contribution >= 0.6 is 24.0 Å². The zero-order chi connectivity index (χ0) is 19.9. The van der Waals surface area contributed by atoms with Crippen LogP contribution in [0.3, 0.4) is 0 Å². The van der Waals surface area contributed by atoms with Crippen LogP contribution in [-0.4, -0.2) is 43.3 Å². The van der Waals surface area contributed by atoms with Crippen molar-refractivity contribution in [3.63, 3.8) is 0 Å². The van der Waals surface area contributed by atoms with E-state index < -0.39 is 0 Å². The summed E-state index contributed by atoms with van der Waals surface area (Å²) >= 11 is 0. The molecule has 0 fully saturated rings. The Bertz CT molecular complexity index is 969. The Morgan fingerprint density at radius 1 is 1.10 bits per heavy atom. The zero-order valence-electron chi connectivity index (χ0n) is 17.1. The molecule has 0 unspecified atom stereocenters. The Hall–Kier alpha value is -2.42. The molecule has 2 aromatic carbocycles. The maximum atomic E-state index is 10.0. The summed E-state index contributed by atoms with van der Waals surface area (Å²) in [7, 11) is 3.35. The lowest BCUT2D eigenvalue weighted by atomic mass is 10.1. The van der Waals surface area contributed by atoms with E-state index in [1.165, 1.54) is 22.2 Å². The monoisotopic (exact) mass is 508 g/mol. The number of ether oxygens (including phenoxy) is 1. The number of aromatic amines is 1. The highest BCUT2D eigenvalue weighted by atomic mass is 127. The zero-order valence-corrected chi connectivity index (χ0v) is 19.4. The Labute approximate surface area is 188 Å². The molecule has 0 radical (unpaired) electrons. The summed E-state index contributed by atoms with van der Waals surface area (Å²) in [6.45, 7) is 3.57. The fourth-order valence-electron chi connectivity index (χ4n) is 3.38. The van der Waals surface area contributed by atoms with E-state index in [0.717, 1.165) is 24.5 Å². The normalized spacial score (nSPS) is 11.2. The summed E-state index contributed by atoms with van der Waals surface area (Å²) in [5.74, 6) is 1.66. The first-order valence-electron chi connectivity index (χ1n) is 9.49. The predicted octanol–water partition coefficient (Wildman–Crippen LogP) is 3.76. The van der Waals surface area contributed by atoms with Crippen LogP contribution in [0.1, 0.15) is 16.8 Å². The van der Waals surface area contributed by atoms with Crippen LogP contribution in [0.5, 0.6) is 11.5 Å². The molecule has 6 nitrogen and oxygen atoms in total. The maximum Gasteiger partial charge on any atom is 0.190 e. The van der Waals surface area contributed by atoms with Crippen molar-refractivity contribution < 1.29 is 9.84 Å². The minimum absolute atomic E-state index is 0. The lowest BCUT2D eigenvalue weighted by molar-refractivity contribution is 0.406. The number of aromatic nitrogens is 1. The van der Waals surface area contributed by atoms with Crippen LogP contribution in [0.25, 0.3) is 10.9 Å². The van der Waals surface area contributed by atoms with E-state index in [0.29, 0.717) is 18.7 Å². The fourth-order valence-corrected chi connectivity index (χ4v) is 3.38. The average Bonchev–Trinajstić information content (AvgIpc) is 3.03. The fraction of sp³-hybridized carbons (Fsp3) is 0.318. The molecule has 0 aliphatic heterocycles. The summed E-state index contributed by atoms with van der Waals surface area (Å²) in [4.78, 5) is 7.72. The highest BCUT2D eigenvalue weighted by molar-refractivity contribution is 14.0. The van der Waals surface area contributed by atoms with Gasteiger partial charge in [0.15, 0.2) is 5.96 Å². The number of hydrogen-bond donors (Lipinski definition) is 4. The molecule has 0 bridgehead atoms. The molecular weight excluding hydrogens is 479 g/mol. The Morgan fingerprint density at radius 3 is 2.52 bits per heavy atom. The molecule has 0 spiro atoms. The van der Waals surface area contributed by atoms with E-state index in [2.05, 4.69) is 45.7 Å². The van der Waals surface area contributed by atoms with Gasteiger partial charge in [-0.2, -0.15) is 0 Å². The molecule has 0 aliphatic carbocycles. The van der Waals surface area contributed by atoms with E-state index in [4.69, 9.17) is 4.74 Å². The molecule has 7 heteroatoms. The van der Waals surface area contributed by atoms with Gasteiger partial charge in [-0.3, -0.25) is 4.99 Å². The molecule has 29 heavy (non-hydrogen) atoms. The molecule has 4 N–H and O–H groups in total. The molecule has 3 aromatic rings. The van der Waals surface area contributed by atoms with Crippen molar-refractivity contribution in [2.75, 3.05) is 27.2 Å². The summed E-state index contributed by atoms with van der Waals surface area (Å²) in [6.07, 6.45) is 1.61. The number of fused-ring (bicyclic) bond motifs is 1. The van der Waals surface area contributed by atoms with Gasteiger partial charge in [0, 0.05) is 42.8 Å². The van der Waals surface area contributed by atoms with Gasteiger partial charge in [-0.1, -0.05) is 24.3 Å². The minimum atomic E-state index is 0. The third-order valence-electron chi connectivity index (χ3n) is 4.90. The standard InChI is InChI=1S/C22H28N4O2.HI/c1-15-18(19-6-4-5-7-20(19)26-15)11-13-25-22(23-2)24-12-10-16-8-9-17(28-3)14-21(16)27;/h4-9,14,26-27H,10-13H2,1-3H3,(H2,23,24,25);1H. The van der Waals surface area contributed by atoms with Gasteiger partial charge in [-0.15, -0.1) is 24.0 Å². The highest BCUT2D eigenvalue weighted by Gasteiger charge is 2.08. The van der Waals surface area contributed by atoms with E-state index in [1.807, 2.05) is 18.2 Å². The van der Waals surface area contributed by atoms with E-state index in [9.17, 15) is 5.11 Å². The van der Waals surface area contributed by atoms with Crippen molar-refractivity contribution in [1.82, 2.24) is 15.6 Å². The van der Waals surface area contributed by atoms with E-state index in [-0.39, 0.29) is 29.7 Å². The first-order chi connectivity index (χ1) is 13.6. The lowest BCUT2D eigenvalue weighted by Crippen LogP contribution is -2.39. The Morgan fingerprint density at radius 2 is 1.83 bits per heavy atom. The number of phenols is 1. The van der Waals surface area contributed by atoms with E-state index in [1.54, 1.807) is 20.2 Å². The van der Waals surface area contributed by atoms with Crippen molar-refractivity contribution in [1.29, 1.82) is 0 Å². The van der Waals surface area contributed by atoms with Crippen molar-refractivity contribution in [2.24, 2.45) is 4.99 Å². The van der Waals surface area contributed by atoms with Gasteiger partial charge < -0.3 is 25.5 Å². The number of halogens is 1.